The molecule has 3 unspecified atom stereocenters. The van der Waals surface area contributed by atoms with E-state index in [0.29, 0.717) is 118 Å². The first-order valence-corrected chi connectivity index (χ1v) is 38.5. The van der Waals surface area contributed by atoms with E-state index < -0.39 is 5.82 Å². The topological polar surface area (TPSA) is 196 Å². The molecule has 4 heterocycles. The van der Waals surface area contributed by atoms with E-state index >= 15 is 0 Å². The summed E-state index contributed by atoms with van der Waals surface area (Å²) in [4.78, 5) is 76.8. The third-order valence-electron chi connectivity index (χ3n) is 19.7. The number of hydrogen-bond donors (Lipinski definition) is 3. The Morgan fingerprint density at radius 3 is 1.26 bits per heavy atom. The summed E-state index contributed by atoms with van der Waals surface area (Å²) in [6, 6.07) is 68.4. The number of rotatable bonds is 28. The summed E-state index contributed by atoms with van der Waals surface area (Å²) in [5, 5.41) is 5.91. The number of nitrogens with one attached hydrogen (secondary N) is 1. The zero-order chi connectivity index (χ0) is 75.5. The Hall–Kier alpha value is -9.34. The SMILES string of the molecule is CCC(c1nc2cc(Cl)ccc2c(=O)n1Cc1ccccc1)N(CC1CNC1)C(=O)c1ccc(C)cc1.CCC(c1nc2cc(Cl)ccc2c(=O)n1Cc1ccccc1)N(CCCN)Cc1ccc(Br)cc1.CCC(c1nc2cc(F)ccc2c(=O)n1Cc1ccccc1)N(CCCN)Cc1ccc(C)cc1. The first-order valence-electron chi connectivity index (χ1n) is 36.9. The molecule has 107 heavy (non-hydrogen) atoms. The van der Waals surface area contributed by atoms with Crippen LogP contribution in [0.2, 0.25) is 10.0 Å². The third-order valence-corrected chi connectivity index (χ3v) is 20.7. The highest BCUT2D eigenvalue weighted by Crippen LogP contribution is 2.32. The number of nitrogens with two attached hydrogens (primary N) is 2. The van der Waals surface area contributed by atoms with E-state index in [1.165, 1.54) is 34.9 Å². The van der Waals surface area contributed by atoms with Crippen molar-refractivity contribution < 1.29 is 9.18 Å². The highest BCUT2D eigenvalue weighted by Gasteiger charge is 2.34. The Balaban J connectivity index is 0.000000160. The normalized spacial score (nSPS) is 13.1. The molecule has 13 rings (SSSR count). The van der Waals surface area contributed by atoms with Gasteiger partial charge in [-0.05, 0) is 160 Å². The second kappa shape index (κ2) is 38.0. The number of benzene rings is 9. The van der Waals surface area contributed by atoms with Gasteiger partial charge in [0.1, 0.15) is 23.3 Å². The maximum absolute atomic E-state index is 14.1. The molecule has 1 amide bonds. The molecule has 16 nitrogen and oxygen atoms in total. The van der Waals surface area contributed by atoms with Gasteiger partial charge in [0.15, 0.2) is 0 Å². The summed E-state index contributed by atoms with van der Waals surface area (Å²) in [6.45, 7) is 18.1. The average Bonchev–Trinajstić information content (AvgIpc) is 0.775. The number of aromatic nitrogens is 6. The van der Waals surface area contributed by atoms with Gasteiger partial charge in [0, 0.05) is 77.9 Å². The molecule has 554 valence electrons. The average molecular weight is 1540 g/mol. The van der Waals surface area contributed by atoms with Crippen molar-refractivity contribution in [3.05, 3.63) is 332 Å². The molecule has 3 aromatic heterocycles. The van der Waals surface area contributed by atoms with Crippen molar-refractivity contribution in [1.29, 1.82) is 0 Å². The highest BCUT2D eigenvalue weighted by atomic mass is 79.9. The minimum absolute atomic E-state index is 0.0496. The molecule has 0 radical (unpaired) electrons. The Labute approximate surface area is 644 Å². The van der Waals surface area contributed by atoms with Crippen molar-refractivity contribution in [1.82, 2.24) is 48.7 Å². The molecule has 5 N–H and O–H groups in total. The molecule has 3 atom stereocenters. The molecule has 1 saturated heterocycles. The lowest BCUT2D eigenvalue weighted by Crippen LogP contribution is -2.51. The lowest BCUT2D eigenvalue weighted by molar-refractivity contribution is 0.0589. The van der Waals surface area contributed by atoms with Gasteiger partial charge in [0.05, 0.1) is 70.5 Å². The van der Waals surface area contributed by atoms with Gasteiger partial charge in [-0.3, -0.25) is 42.7 Å². The largest absolute Gasteiger partial charge is 0.330 e. The van der Waals surface area contributed by atoms with Crippen molar-refractivity contribution in [3.8, 4) is 0 Å². The first-order chi connectivity index (χ1) is 51.9. The zero-order valence-corrected chi connectivity index (χ0v) is 64.5. The second-order valence-electron chi connectivity index (χ2n) is 27.5. The number of amides is 1. The number of aryl methyl sites for hydroxylation is 2. The third kappa shape index (κ3) is 20.1. The molecule has 1 aliphatic heterocycles. The van der Waals surface area contributed by atoms with Crippen molar-refractivity contribution in [2.45, 2.75) is 118 Å². The lowest BCUT2D eigenvalue weighted by atomic mass is 9.99. The molecule has 12 aromatic rings. The van der Waals surface area contributed by atoms with Gasteiger partial charge in [0.25, 0.3) is 22.6 Å². The van der Waals surface area contributed by atoms with Crippen LogP contribution >= 0.6 is 39.1 Å². The Morgan fingerprint density at radius 2 is 0.879 bits per heavy atom. The van der Waals surface area contributed by atoms with Crippen LogP contribution in [0, 0.1) is 25.6 Å². The molecule has 0 bridgehead atoms. The molecule has 0 saturated carbocycles. The first kappa shape index (κ1) is 78.7. The summed E-state index contributed by atoms with van der Waals surface area (Å²) in [5.74, 6) is 1.90. The Bertz CT molecular complexity index is 4920. The number of nitrogens with zero attached hydrogens (tertiary/aromatic N) is 9. The zero-order valence-electron chi connectivity index (χ0n) is 61.4. The second-order valence-corrected chi connectivity index (χ2v) is 29.3. The molecule has 9 aromatic carbocycles. The van der Waals surface area contributed by atoms with Gasteiger partial charge in [-0.15, -0.1) is 0 Å². The van der Waals surface area contributed by atoms with Crippen molar-refractivity contribution in [3.63, 3.8) is 0 Å². The van der Waals surface area contributed by atoms with Gasteiger partial charge in [0.2, 0.25) is 0 Å². The fourth-order valence-corrected chi connectivity index (χ4v) is 14.5. The summed E-state index contributed by atoms with van der Waals surface area (Å²) in [6.07, 6.45) is 3.85. The van der Waals surface area contributed by atoms with Crippen LogP contribution in [0.15, 0.2) is 237 Å². The van der Waals surface area contributed by atoms with Crippen LogP contribution in [0.25, 0.3) is 32.7 Å². The molecule has 1 aliphatic rings. The van der Waals surface area contributed by atoms with E-state index in [0.717, 1.165) is 91.0 Å². The van der Waals surface area contributed by atoms with Crippen LogP contribution in [0.4, 0.5) is 4.39 Å². The lowest BCUT2D eigenvalue weighted by Gasteiger charge is -2.38. The monoisotopic (exact) mass is 1540 g/mol. The van der Waals surface area contributed by atoms with E-state index in [1.807, 2.05) is 139 Å². The summed E-state index contributed by atoms with van der Waals surface area (Å²) in [5.41, 5.74) is 21.4. The summed E-state index contributed by atoms with van der Waals surface area (Å²) < 4.78 is 20.5. The maximum atomic E-state index is 14.1. The van der Waals surface area contributed by atoms with Gasteiger partial charge < -0.3 is 21.7 Å². The van der Waals surface area contributed by atoms with E-state index in [9.17, 15) is 23.6 Å². The van der Waals surface area contributed by atoms with E-state index in [-0.39, 0.29) is 40.7 Å². The molecule has 0 spiro atoms. The van der Waals surface area contributed by atoms with Crippen LogP contribution < -0.4 is 33.5 Å². The van der Waals surface area contributed by atoms with Gasteiger partial charge >= 0.3 is 0 Å². The fourth-order valence-electron chi connectivity index (χ4n) is 13.9. The molecule has 20 heteroatoms. The van der Waals surface area contributed by atoms with Crippen LogP contribution in [-0.2, 0) is 32.7 Å². The highest BCUT2D eigenvalue weighted by molar-refractivity contribution is 9.10. The standard InChI is InChI=1S/C30H31ClN4O2.C29H33FN4O.C28H30BrClN4O/c1-3-27(34(19-22-16-32-17-22)29(36)23-11-9-20(2)10-12-23)28-33-26-15-24(31)13-14-25(26)30(37)35(28)18-21-7-5-4-6-8-21;1-3-27(33(17-7-16-31)19-23-12-10-21(2)11-13-23)28-32-26-18-24(30)14-15-25(26)29(35)34(28)20-22-8-5-4-6-9-22;1-2-26(33(16-6-15-31)18-21-9-11-22(29)12-10-21)27-32-25-17-23(30)13-14-24(25)28(35)34(27)19-20-7-4-3-5-8-20/h4-15,22,27,32H,3,16-19H2,1-2H3;4-6,8-15,18,27H,3,7,16-17,19-20,31H2,1-2H3;3-5,7-14,17,26H,2,6,15-16,18-19,31H2,1H3. The molecular weight excluding hydrogens is 1450 g/mol. The van der Waals surface area contributed by atoms with E-state index in [4.69, 9.17) is 49.6 Å². The predicted molar refractivity (Wildman–Crippen MR) is 436 cm³/mol. The van der Waals surface area contributed by atoms with Gasteiger partial charge in [-0.2, -0.15) is 0 Å². The quantitative estimate of drug-likeness (QED) is 0.0420. The number of carbonyl (C=O) groups excluding carboxylic acids is 1. The van der Waals surface area contributed by atoms with E-state index in [1.54, 1.807) is 45.5 Å². The fraction of sp³-hybridized carbons (Fsp3) is 0.299. The Morgan fingerprint density at radius 1 is 0.505 bits per heavy atom. The maximum Gasteiger partial charge on any atom is 0.261 e. The number of fused-ring (bicyclic) bond motifs is 3. The van der Waals surface area contributed by atoms with E-state index in [2.05, 4.69) is 100 Å². The summed E-state index contributed by atoms with van der Waals surface area (Å²) >= 11 is 16.1. The van der Waals surface area contributed by atoms with Crippen LogP contribution in [0.3, 0.4) is 0 Å². The minimum atomic E-state index is -0.399. The van der Waals surface area contributed by atoms with Gasteiger partial charge in [-0.1, -0.05) is 211 Å². The molecule has 1 fully saturated rings. The summed E-state index contributed by atoms with van der Waals surface area (Å²) in [7, 11) is 0. The number of hydrogen-bond acceptors (Lipinski definition) is 12. The molecular formula is C87H94BrCl2FN12O4. The minimum Gasteiger partial charge on any atom is -0.330 e. The molecule has 0 aliphatic carbocycles. The predicted octanol–water partition coefficient (Wildman–Crippen LogP) is 16.6. The van der Waals surface area contributed by atoms with Crippen molar-refractivity contribution in [2.24, 2.45) is 17.4 Å². The smallest absolute Gasteiger partial charge is 0.261 e. The van der Waals surface area contributed by atoms with Gasteiger partial charge in [-0.25, -0.2) is 19.3 Å². The number of halogens is 4. The van der Waals surface area contributed by atoms with Crippen LogP contribution in [-0.4, -0.2) is 95.1 Å². The Kier molecular flexibility index (Phi) is 27.9. The van der Waals surface area contributed by atoms with Crippen molar-refractivity contribution >= 4 is 77.7 Å². The van der Waals surface area contributed by atoms with Crippen molar-refractivity contribution in [2.75, 3.05) is 45.8 Å². The van der Waals surface area contributed by atoms with Crippen LogP contribution in [0.1, 0.15) is 138 Å². The number of carbonyl (C=O) groups is 1. The van der Waals surface area contributed by atoms with Crippen LogP contribution in [0.5, 0.6) is 0 Å².